The summed E-state index contributed by atoms with van der Waals surface area (Å²) in [7, 11) is 0. The van der Waals surface area contributed by atoms with E-state index in [4.69, 9.17) is 20.1 Å². The molecule has 1 unspecified atom stereocenters. The van der Waals surface area contributed by atoms with Crippen molar-refractivity contribution in [1.29, 1.82) is 0 Å². The lowest BCUT2D eigenvalue weighted by Gasteiger charge is -2.32. The van der Waals surface area contributed by atoms with E-state index in [-0.39, 0.29) is 12.0 Å². The Bertz CT molecular complexity index is 137. The van der Waals surface area contributed by atoms with E-state index in [1.165, 1.54) is 6.92 Å². The van der Waals surface area contributed by atoms with E-state index in [1.54, 1.807) is 0 Å². The van der Waals surface area contributed by atoms with Crippen LogP contribution in [0.3, 0.4) is 0 Å². The quantitative estimate of drug-likeness (QED) is 0.561. The molecule has 0 aliphatic rings. The van der Waals surface area contributed by atoms with Crippen molar-refractivity contribution < 1.29 is 20.1 Å². The van der Waals surface area contributed by atoms with Crippen molar-refractivity contribution in [3.8, 4) is 0 Å². The van der Waals surface area contributed by atoms with Crippen LogP contribution in [0.25, 0.3) is 0 Å². The summed E-state index contributed by atoms with van der Waals surface area (Å²) in [5, 5.41) is 27.0. The Morgan fingerprint density at radius 3 is 1.85 bits per heavy atom. The molecule has 0 amide bonds. The number of aliphatic hydroxyl groups is 3. The Morgan fingerprint density at radius 2 is 1.62 bits per heavy atom. The fourth-order valence-electron chi connectivity index (χ4n) is 1.03. The zero-order valence-electron chi connectivity index (χ0n) is 8.69. The van der Waals surface area contributed by atoms with Gasteiger partial charge in [-0.25, -0.2) is 0 Å². The molecule has 2 atom stereocenters. The van der Waals surface area contributed by atoms with E-state index in [2.05, 4.69) is 0 Å². The number of hydrogen-bond donors (Lipinski definition) is 3. The molecule has 0 saturated carbocycles. The highest BCUT2D eigenvalue weighted by molar-refractivity contribution is 4.75. The molecule has 0 bridgehead atoms. The summed E-state index contributed by atoms with van der Waals surface area (Å²) in [6.07, 6.45) is -2.29. The normalized spacial score (nSPS) is 17.5. The molecule has 0 spiro atoms. The predicted molar refractivity (Wildman–Crippen MR) is 48.8 cm³/mol. The van der Waals surface area contributed by atoms with Crippen LogP contribution in [-0.2, 0) is 4.74 Å². The minimum absolute atomic E-state index is 0.138. The molecule has 0 fully saturated rings. The van der Waals surface area contributed by atoms with Crippen molar-refractivity contribution in [1.82, 2.24) is 0 Å². The molecule has 0 heterocycles. The maximum Gasteiger partial charge on any atom is 0.157 e. The third-order valence-electron chi connectivity index (χ3n) is 1.99. The third kappa shape index (κ3) is 5.21. The summed E-state index contributed by atoms with van der Waals surface area (Å²) in [5.41, 5.74) is -0.261. The summed E-state index contributed by atoms with van der Waals surface area (Å²) in [4.78, 5) is 0. The van der Waals surface area contributed by atoms with Gasteiger partial charge in [0.15, 0.2) is 12.6 Å². The van der Waals surface area contributed by atoms with Gasteiger partial charge in [-0.2, -0.15) is 0 Å². The van der Waals surface area contributed by atoms with Gasteiger partial charge in [0.25, 0.3) is 0 Å². The Morgan fingerprint density at radius 1 is 1.15 bits per heavy atom. The summed E-state index contributed by atoms with van der Waals surface area (Å²) in [5.74, 6) is -0.401. The van der Waals surface area contributed by atoms with Gasteiger partial charge < -0.3 is 20.1 Å². The Kier molecular flexibility index (Phi) is 4.85. The van der Waals surface area contributed by atoms with Gasteiger partial charge in [0, 0.05) is 5.92 Å². The van der Waals surface area contributed by atoms with Crippen LogP contribution in [0.4, 0.5) is 0 Å². The average Bonchev–Trinajstić information content (AvgIpc) is 1.81. The molecule has 0 aromatic carbocycles. The zero-order valence-corrected chi connectivity index (χ0v) is 8.69. The monoisotopic (exact) mass is 192 g/mol. The number of rotatable bonds is 4. The standard InChI is InChI=1S/C9H20O4/c1-6(10)13-5-7(8(11)12)9(2,3)4/h6-8,10-12H,5H2,1-4H3/t6-,7?/m1/s1. The van der Waals surface area contributed by atoms with Crippen LogP contribution in [0.15, 0.2) is 0 Å². The van der Waals surface area contributed by atoms with Gasteiger partial charge in [-0.3, -0.25) is 0 Å². The molecule has 0 rings (SSSR count). The zero-order chi connectivity index (χ0) is 10.6. The first kappa shape index (κ1) is 12.8. The molecule has 3 N–H and O–H groups in total. The first-order valence-corrected chi connectivity index (χ1v) is 4.41. The number of aliphatic hydroxyl groups excluding tert-OH is 2. The van der Waals surface area contributed by atoms with Gasteiger partial charge in [-0.15, -0.1) is 0 Å². The maximum absolute atomic E-state index is 9.05. The van der Waals surface area contributed by atoms with Gasteiger partial charge >= 0.3 is 0 Å². The van der Waals surface area contributed by atoms with E-state index in [9.17, 15) is 0 Å². The predicted octanol–water partition coefficient (Wildman–Crippen LogP) is 0.314. The van der Waals surface area contributed by atoms with E-state index in [0.29, 0.717) is 0 Å². The first-order chi connectivity index (χ1) is 5.75. The highest BCUT2D eigenvalue weighted by Crippen LogP contribution is 2.28. The van der Waals surface area contributed by atoms with Crippen LogP contribution >= 0.6 is 0 Å². The third-order valence-corrected chi connectivity index (χ3v) is 1.99. The summed E-state index contributed by atoms with van der Waals surface area (Å²) >= 11 is 0. The smallest absolute Gasteiger partial charge is 0.157 e. The number of ether oxygens (including phenoxy) is 1. The van der Waals surface area contributed by atoms with Crippen LogP contribution in [0, 0.1) is 11.3 Å². The molecule has 4 heteroatoms. The van der Waals surface area contributed by atoms with Crippen LogP contribution in [0.1, 0.15) is 27.7 Å². The molecular formula is C9H20O4. The fourth-order valence-corrected chi connectivity index (χ4v) is 1.03. The highest BCUT2D eigenvalue weighted by Gasteiger charge is 2.30. The van der Waals surface area contributed by atoms with Crippen molar-refractivity contribution in [2.24, 2.45) is 11.3 Å². The summed E-state index contributed by atoms with van der Waals surface area (Å²) in [6.45, 7) is 7.30. The molecular weight excluding hydrogens is 172 g/mol. The van der Waals surface area contributed by atoms with E-state index < -0.39 is 18.5 Å². The van der Waals surface area contributed by atoms with Gasteiger partial charge in [0.1, 0.15) is 0 Å². The fraction of sp³-hybridized carbons (Fsp3) is 1.00. The lowest BCUT2D eigenvalue weighted by atomic mass is 9.81. The largest absolute Gasteiger partial charge is 0.368 e. The second-order valence-corrected chi connectivity index (χ2v) is 4.32. The minimum atomic E-state index is -1.42. The van der Waals surface area contributed by atoms with Gasteiger partial charge in [0.05, 0.1) is 6.61 Å². The van der Waals surface area contributed by atoms with Crippen LogP contribution < -0.4 is 0 Å². The van der Waals surface area contributed by atoms with Crippen molar-refractivity contribution in [3.63, 3.8) is 0 Å². The second kappa shape index (κ2) is 4.91. The molecule has 0 aliphatic carbocycles. The molecule has 0 radical (unpaired) electrons. The van der Waals surface area contributed by atoms with Crippen LogP contribution in [0.5, 0.6) is 0 Å². The lowest BCUT2D eigenvalue weighted by molar-refractivity contribution is -0.168. The molecule has 0 aromatic rings. The van der Waals surface area contributed by atoms with Crippen molar-refractivity contribution in [2.75, 3.05) is 6.61 Å². The SMILES string of the molecule is C[C@H](O)OCC(C(O)O)C(C)(C)C. The van der Waals surface area contributed by atoms with Gasteiger partial charge in [0.2, 0.25) is 0 Å². The van der Waals surface area contributed by atoms with Crippen LogP contribution in [-0.4, -0.2) is 34.5 Å². The highest BCUT2D eigenvalue weighted by atomic mass is 16.6. The molecule has 4 nitrogen and oxygen atoms in total. The second-order valence-electron chi connectivity index (χ2n) is 4.32. The number of hydrogen-bond acceptors (Lipinski definition) is 4. The molecule has 13 heavy (non-hydrogen) atoms. The van der Waals surface area contributed by atoms with Crippen molar-refractivity contribution in [3.05, 3.63) is 0 Å². The molecule has 0 aliphatic heterocycles. The first-order valence-electron chi connectivity index (χ1n) is 4.41. The Hall–Kier alpha value is -0.160. The van der Waals surface area contributed by atoms with Gasteiger partial charge in [-0.05, 0) is 12.3 Å². The average molecular weight is 192 g/mol. The Labute approximate surface area is 79.2 Å². The van der Waals surface area contributed by atoms with Gasteiger partial charge in [-0.1, -0.05) is 20.8 Å². The Balaban J connectivity index is 4.12. The van der Waals surface area contributed by atoms with Crippen molar-refractivity contribution in [2.45, 2.75) is 40.3 Å². The van der Waals surface area contributed by atoms with Crippen molar-refractivity contribution >= 4 is 0 Å². The maximum atomic E-state index is 9.05. The molecule has 0 aromatic heterocycles. The van der Waals surface area contributed by atoms with Crippen LogP contribution in [0.2, 0.25) is 0 Å². The molecule has 0 saturated heterocycles. The van der Waals surface area contributed by atoms with E-state index in [0.717, 1.165) is 0 Å². The minimum Gasteiger partial charge on any atom is -0.368 e. The topological polar surface area (TPSA) is 69.9 Å². The molecule has 80 valence electrons. The summed E-state index contributed by atoms with van der Waals surface area (Å²) in [6, 6.07) is 0. The van der Waals surface area contributed by atoms with E-state index in [1.807, 2.05) is 20.8 Å². The van der Waals surface area contributed by atoms with E-state index >= 15 is 0 Å². The summed E-state index contributed by atoms with van der Waals surface area (Å²) < 4.78 is 4.93. The lowest BCUT2D eigenvalue weighted by Crippen LogP contribution is -2.36.